The van der Waals surface area contributed by atoms with Crippen molar-refractivity contribution in [3.05, 3.63) is 34.7 Å². The van der Waals surface area contributed by atoms with Crippen LogP contribution in [0, 0.1) is 0 Å². The minimum Gasteiger partial charge on any atom is -0.469 e. The molecule has 0 saturated heterocycles. The van der Waals surface area contributed by atoms with Gasteiger partial charge >= 0.3 is 0 Å². The van der Waals surface area contributed by atoms with Gasteiger partial charge in [0, 0.05) is 6.42 Å². The number of furan rings is 1. The maximum absolute atomic E-state index is 5.61. The summed E-state index contributed by atoms with van der Waals surface area (Å²) in [5.41, 5.74) is 3.85. The van der Waals surface area contributed by atoms with E-state index >= 15 is 0 Å². The lowest BCUT2D eigenvalue weighted by atomic mass is 10.1. The first kappa shape index (κ1) is 12.2. The molecular formula is C11H16N4OS. The number of rotatable bonds is 6. The number of aromatic nitrogens is 2. The molecule has 0 amide bonds. The van der Waals surface area contributed by atoms with Crippen molar-refractivity contribution < 1.29 is 4.42 Å². The highest BCUT2D eigenvalue weighted by Crippen LogP contribution is 2.24. The largest absolute Gasteiger partial charge is 0.469 e. The average molecular weight is 252 g/mol. The van der Waals surface area contributed by atoms with Crippen LogP contribution in [0.15, 0.2) is 22.8 Å². The van der Waals surface area contributed by atoms with E-state index in [1.54, 1.807) is 6.26 Å². The normalized spacial score (nSPS) is 12.8. The van der Waals surface area contributed by atoms with Crippen LogP contribution in [0.4, 0.5) is 0 Å². The van der Waals surface area contributed by atoms with Crippen LogP contribution in [-0.2, 0) is 12.8 Å². The van der Waals surface area contributed by atoms with E-state index in [4.69, 9.17) is 10.3 Å². The molecule has 0 aliphatic carbocycles. The van der Waals surface area contributed by atoms with Crippen molar-refractivity contribution >= 4 is 11.5 Å². The molecule has 0 fully saturated rings. The quantitative estimate of drug-likeness (QED) is 0.606. The Morgan fingerprint density at radius 3 is 3.12 bits per heavy atom. The molecule has 3 N–H and O–H groups in total. The Morgan fingerprint density at radius 2 is 2.47 bits per heavy atom. The summed E-state index contributed by atoms with van der Waals surface area (Å²) in [5, 5.41) is 4.15. The summed E-state index contributed by atoms with van der Waals surface area (Å²) in [6, 6.07) is 3.83. The van der Waals surface area contributed by atoms with E-state index in [9.17, 15) is 0 Å². The van der Waals surface area contributed by atoms with Crippen LogP contribution < -0.4 is 11.3 Å². The fraction of sp³-hybridized carbons (Fsp3) is 0.455. The van der Waals surface area contributed by atoms with Crippen LogP contribution in [0.5, 0.6) is 0 Å². The van der Waals surface area contributed by atoms with Crippen molar-refractivity contribution in [2.45, 2.75) is 32.2 Å². The molecule has 2 rings (SSSR count). The van der Waals surface area contributed by atoms with E-state index in [1.807, 2.05) is 12.1 Å². The standard InChI is InChI=1S/C11H16N4OS/c1-2-4-9-11(17-15-14-9)10(13-12)7-8-5-3-6-16-8/h3,5-6,10,13H,2,4,7,12H2,1H3. The molecule has 2 heterocycles. The van der Waals surface area contributed by atoms with E-state index in [1.165, 1.54) is 11.5 Å². The summed E-state index contributed by atoms with van der Waals surface area (Å²) in [6.45, 7) is 2.13. The molecule has 2 aromatic rings. The van der Waals surface area contributed by atoms with Gasteiger partial charge in [-0.1, -0.05) is 17.8 Å². The topological polar surface area (TPSA) is 77.0 Å². The van der Waals surface area contributed by atoms with Gasteiger partial charge < -0.3 is 4.42 Å². The summed E-state index contributed by atoms with van der Waals surface area (Å²) >= 11 is 1.40. The lowest BCUT2D eigenvalue weighted by molar-refractivity contribution is 0.456. The highest BCUT2D eigenvalue weighted by molar-refractivity contribution is 7.05. The van der Waals surface area contributed by atoms with Crippen LogP contribution in [0.2, 0.25) is 0 Å². The number of aryl methyl sites for hydroxylation is 1. The molecule has 0 bridgehead atoms. The minimum absolute atomic E-state index is 0.0164. The molecule has 6 heteroatoms. The van der Waals surface area contributed by atoms with E-state index < -0.39 is 0 Å². The minimum atomic E-state index is 0.0164. The summed E-state index contributed by atoms with van der Waals surface area (Å²) in [5.74, 6) is 6.51. The monoisotopic (exact) mass is 252 g/mol. The van der Waals surface area contributed by atoms with E-state index in [0.29, 0.717) is 6.42 Å². The second-order valence-corrected chi connectivity index (χ2v) is 4.62. The smallest absolute Gasteiger partial charge is 0.105 e. The van der Waals surface area contributed by atoms with Gasteiger partial charge in [-0.05, 0) is 30.1 Å². The lowest BCUT2D eigenvalue weighted by Gasteiger charge is -2.13. The third-order valence-electron chi connectivity index (χ3n) is 2.58. The number of hydrogen-bond donors (Lipinski definition) is 2. The van der Waals surface area contributed by atoms with Gasteiger partial charge in [0.2, 0.25) is 0 Å². The maximum Gasteiger partial charge on any atom is 0.105 e. The van der Waals surface area contributed by atoms with Crippen molar-refractivity contribution in [3.63, 3.8) is 0 Å². The number of hydrogen-bond acceptors (Lipinski definition) is 6. The Labute approximate surface area is 104 Å². The highest BCUT2D eigenvalue weighted by atomic mass is 32.1. The van der Waals surface area contributed by atoms with Crippen LogP contribution >= 0.6 is 11.5 Å². The van der Waals surface area contributed by atoms with Crippen molar-refractivity contribution in [1.29, 1.82) is 0 Å². The molecule has 5 nitrogen and oxygen atoms in total. The fourth-order valence-electron chi connectivity index (χ4n) is 1.75. The number of nitrogens with zero attached hydrogens (tertiary/aromatic N) is 2. The number of nitrogens with two attached hydrogens (primary N) is 1. The van der Waals surface area contributed by atoms with Crippen molar-refractivity contribution in [1.82, 2.24) is 15.0 Å². The number of hydrazine groups is 1. The zero-order valence-corrected chi connectivity index (χ0v) is 10.5. The van der Waals surface area contributed by atoms with Crippen molar-refractivity contribution in [2.24, 2.45) is 5.84 Å². The highest BCUT2D eigenvalue weighted by Gasteiger charge is 2.19. The molecule has 1 atom stereocenters. The molecule has 0 aliphatic rings. The van der Waals surface area contributed by atoms with Gasteiger partial charge in [-0.25, -0.2) is 0 Å². The van der Waals surface area contributed by atoms with Gasteiger partial charge in [-0.15, -0.1) is 5.10 Å². The maximum atomic E-state index is 5.61. The van der Waals surface area contributed by atoms with Crippen LogP contribution in [0.3, 0.4) is 0 Å². The predicted molar refractivity (Wildman–Crippen MR) is 66.4 cm³/mol. The predicted octanol–water partition coefficient (Wildman–Crippen LogP) is 1.83. The summed E-state index contributed by atoms with van der Waals surface area (Å²) in [7, 11) is 0. The molecule has 92 valence electrons. The second-order valence-electron chi connectivity index (χ2n) is 3.84. The zero-order chi connectivity index (χ0) is 12.1. The Kier molecular flexibility index (Phi) is 4.24. The number of nitrogens with one attached hydrogen (secondary N) is 1. The molecule has 2 aromatic heterocycles. The van der Waals surface area contributed by atoms with Gasteiger partial charge in [0.05, 0.1) is 22.9 Å². The first-order valence-electron chi connectivity index (χ1n) is 5.64. The molecule has 0 aromatic carbocycles. The Hall–Kier alpha value is -1.24. The summed E-state index contributed by atoms with van der Waals surface area (Å²) in [6.07, 6.45) is 4.36. The third kappa shape index (κ3) is 2.91. The van der Waals surface area contributed by atoms with Crippen LogP contribution in [0.25, 0.3) is 0 Å². The van der Waals surface area contributed by atoms with E-state index in [0.717, 1.165) is 29.2 Å². The van der Waals surface area contributed by atoms with Gasteiger partial charge in [-0.3, -0.25) is 11.3 Å². The van der Waals surface area contributed by atoms with Gasteiger partial charge in [-0.2, -0.15) is 0 Å². The molecule has 0 aliphatic heterocycles. The van der Waals surface area contributed by atoms with Gasteiger partial charge in [0.15, 0.2) is 0 Å². The van der Waals surface area contributed by atoms with Gasteiger partial charge in [0.25, 0.3) is 0 Å². The van der Waals surface area contributed by atoms with Crippen molar-refractivity contribution in [2.75, 3.05) is 0 Å². The first-order valence-corrected chi connectivity index (χ1v) is 6.42. The zero-order valence-electron chi connectivity index (χ0n) is 9.72. The third-order valence-corrected chi connectivity index (χ3v) is 3.46. The molecule has 0 saturated carbocycles. The molecule has 17 heavy (non-hydrogen) atoms. The van der Waals surface area contributed by atoms with E-state index in [2.05, 4.69) is 21.9 Å². The SMILES string of the molecule is CCCc1nnsc1C(Cc1ccco1)NN. The van der Waals surface area contributed by atoms with Crippen molar-refractivity contribution in [3.8, 4) is 0 Å². The molecule has 0 spiro atoms. The van der Waals surface area contributed by atoms with Crippen LogP contribution in [0.1, 0.15) is 35.7 Å². The second kappa shape index (κ2) is 5.90. The molecule has 1 unspecified atom stereocenters. The average Bonchev–Trinajstić information content (AvgIpc) is 2.97. The lowest BCUT2D eigenvalue weighted by Crippen LogP contribution is -2.29. The molecule has 0 radical (unpaired) electrons. The molecular weight excluding hydrogens is 236 g/mol. The Balaban J connectivity index is 2.14. The summed E-state index contributed by atoms with van der Waals surface area (Å²) in [4.78, 5) is 1.10. The van der Waals surface area contributed by atoms with Crippen LogP contribution in [-0.4, -0.2) is 9.59 Å². The Morgan fingerprint density at radius 1 is 1.59 bits per heavy atom. The van der Waals surface area contributed by atoms with E-state index in [-0.39, 0.29) is 6.04 Å². The fourth-order valence-corrected chi connectivity index (χ4v) is 2.50. The first-order chi connectivity index (χ1) is 8.35. The van der Waals surface area contributed by atoms with Gasteiger partial charge in [0.1, 0.15) is 5.76 Å². The summed E-state index contributed by atoms with van der Waals surface area (Å²) < 4.78 is 9.34. The Bertz CT molecular complexity index is 440.